The van der Waals surface area contributed by atoms with Gasteiger partial charge < -0.3 is 5.32 Å². The van der Waals surface area contributed by atoms with Crippen LogP contribution < -0.4 is 5.32 Å². The van der Waals surface area contributed by atoms with Crippen molar-refractivity contribution in [3.05, 3.63) is 63.4 Å². The average molecular weight is 420 g/mol. The summed E-state index contributed by atoms with van der Waals surface area (Å²) in [4.78, 5) is 13.3. The molecule has 1 heterocycles. The summed E-state index contributed by atoms with van der Waals surface area (Å²) >= 11 is 8.03. The monoisotopic (exact) mass is 419 g/mol. The molecule has 0 spiro atoms. The second-order valence-electron chi connectivity index (χ2n) is 8.52. The number of thioether (sulfide) groups is 1. The maximum absolute atomic E-state index is 14.3. The van der Waals surface area contributed by atoms with Crippen LogP contribution in [-0.2, 0) is 18.6 Å². The molecule has 28 heavy (non-hydrogen) atoms. The number of ketones is 1. The van der Waals surface area contributed by atoms with Gasteiger partial charge in [0.05, 0.1) is 5.02 Å². The highest BCUT2D eigenvalue weighted by atomic mass is 35.5. The first-order valence-corrected chi connectivity index (χ1v) is 11.1. The van der Waals surface area contributed by atoms with Gasteiger partial charge in [0.2, 0.25) is 0 Å². The number of rotatable bonds is 5. The Hall–Kier alpha value is -1.36. The molecule has 0 unspecified atom stereocenters. The van der Waals surface area contributed by atoms with Crippen LogP contribution in [-0.4, -0.2) is 18.9 Å². The summed E-state index contributed by atoms with van der Waals surface area (Å²) < 4.78 is 14.3. The summed E-state index contributed by atoms with van der Waals surface area (Å²) in [7, 11) is 0. The van der Waals surface area contributed by atoms with E-state index in [0.29, 0.717) is 17.9 Å². The van der Waals surface area contributed by atoms with E-state index in [-0.39, 0.29) is 17.0 Å². The van der Waals surface area contributed by atoms with Crippen LogP contribution in [0.1, 0.15) is 54.2 Å². The van der Waals surface area contributed by atoms with Gasteiger partial charge in [0.1, 0.15) is 5.82 Å². The van der Waals surface area contributed by atoms with Gasteiger partial charge in [-0.05, 0) is 54.1 Å². The Balaban J connectivity index is 1.73. The van der Waals surface area contributed by atoms with Crippen molar-refractivity contribution in [3.8, 4) is 0 Å². The molecule has 1 aliphatic rings. The molecule has 0 radical (unpaired) electrons. The molecule has 0 aromatic heterocycles. The number of fused-ring (bicyclic) bond motifs is 1. The number of carbonyl (C=O) groups is 1. The minimum Gasteiger partial charge on any atom is -0.316 e. The number of hydrogen-bond donors (Lipinski definition) is 1. The number of Topliss-reactive ketones (excluding diaryl/α,β-unsaturated/α-hetero) is 1. The van der Waals surface area contributed by atoms with Crippen LogP contribution in [0.15, 0.2) is 35.2 Å². The third kappa shape index (κ3) is 5.37. The predicted molar refractivity (Wildman–Crippen MR) is 116 cm³/mol. The quantitative estimate of drug-likeness (QED) is 0.470. The molecule has 5 heteroatoms. The van der Waals surface area contributed by atoms with E-state index in [1.807, 2.05) is 24.3 Å². The van der Waals surface area contributed by atoms with Crippen LogP contribution in [0, 0.1) is 11.2 Å². The summed E-state index contributed by atoms with van der Waals surface area (Å²) in [6.45, 7) is 7.84. The van der Waals surface area contributed by atoms with E-state index in [9.17, 15) is 9.18 Å². The Kier molecular flexibility index (Phi) is 6.85. The third-order valence-corrected chi connectivity index (χ3v) is 6.49. The van der Waals surface area contributed by atoms with Gasteiger partial charge in [-0.1, -0.05) is 56.6 Å². The zero-order chi connectivity index (χ0) is 20.3. The van der Waals surface area contributed by atoms with E-state index in [0.717, 1.165) is 52.4 Å². The van der Waals surface area contributed by atoms with Crippen molar-refractivity contribution in [2.45, 2.75) is 50.7 Å². The highest BCUT2D eigenvalue weighted by Gasteiger charge is 2.20. The maximum atomic E-state index is 14.3. The van der Waals surface area contributed by atoms with E-state index < -0.39 is 0 Å². The molecule has 2 aromatic rings. The largest absolute Gasteiger partial charge is 0.316 e. The van der Waals surface area contributed by atoms with Crippen molar-refractivity contribution in [1.29, 1.82) is 0 Å². The van der Waals surface area contributed by atoms with Gasteiger partial charge in [0, 0.05) is 22.6 Å². The first kappa shape index (κ1) is 21.4. The fraction of sp³-hybridized carbons (Fsp3) is 0.435. The molecule has 0 aliphatic carbocycles. The molecule has 1 aliphatic heterocycles. The van der Waals surface area contributed by atoms with Crippen LogP contribution in [0.4, 0.5) is 4.39 Å². The Morgan fingerprint density at radius 2 is 1.79 bits per heavy atom. The molecule has 2 aromatic carbocycles. The Morgan fingerprint density at radius 3 is 2.43 bits per heavy atom. The van der Waals surface area contributed by atoms with E-state index in [4.69, 9.17) is 11.6 Å². The van der Waals surface area contributed by atoms with Gasteiger partial charge >= 0.3 is 0 Å². The van der Waals surface area contributed by atoms with E-state index >= 15 is 0 Å². The fourth-order valence-corrected chi connectivity index (χ4v) is 4.93. The number of carbonyl (C=O) groups excluding carboxylic acids is 1. The fourth-order valence-electron chi connectivity index (χ4n) is 3.46. The summed E-state index contributed by atoms with van der Waals surface area (Å²) in [6.07, 6.45) is 2.01. The Morgan fingerprint density at radius 1 is 1.14 bits per heavy atom. The lowest BCUT2D eigenvalue weighted by Crippen LogP contribution is -2.16. The highest BCUT2D eigenvalue weighted by molar-refractivity contribution is 7.98. The van der Waals surface area contributed by atoms with Gasteiger partial charge in [-0.2, -0.15) is 0 Å². The summed E-state index contributed by atoms with van der Waals surface area (Å²) in [6, 6.07) is 9.25. The van der Waals surface area contributed by atoms with Crippen molar-refractivity contribution < 1.29 is 9.18 Å². The molecule has 0 atom stereocenters. The van der Waals surface area contributed by atoms with Crippen molar-refractivity contribution in [2.75, 3.05) is 13.1 Å². The van der Waals surface area contributed by atoms with Crippen molar-refractivity contribution >= 4 is 29.1 Å². The lowest BCUT2D eigenvalue weighted by molar-refractivity contribution is 0.0940. The van der Waals surface area contributed by atoms with Crippen LogP contribution in [0.3, 0.4) is 0 Å². The molecular formula is C23H27ClFNOS. The van der Waals surface area contributed by atoms with Gasteiger partial charge in [0.15, 0.2) is 5.78 Å². The summed E-state index contributed by atoms with van der Waals surface area (Å²) in [5, 5.41) is 3.81. The number of benzene rings is 2. The minimum atomic E-state index is -0.199. The van der Waals surface area contributed by atoms with Crippen molar-refractivity contribution in [1.82, 2.24) is 5.32 Å². The molecule has 0 saturated heterocycles. The number of halogens is 2. The lowest BCUT2D eigenvalue weighted by Gasteiger charge is -2.17. The van der Waals surface area contributed by atoms with Gasteiger partial charge in [-0.3, -0.25) is 4.79 Å². The molecule has 150 valence electrons. The normalized spacial score (nSPS) is 14.5. The number of hydrogen-bond acceptors (Lipinski definition) is 3. The minimum absolute atomic E-state index is 0.0163. The molecule has 1 N–H and O–H groups in total. The Bertz CT molecular complexity index is 858. The topological polar surface area (TPSA) is 29.1 Å². The molecule has 0 bridgehead atoms. The smallest absolute Gasteiger partial charge is 0.163 e. The molecule has 0 fully saturated rings. The molecule has 0 amide bonds. The first-order valence-electron chi connectivity index (χ1n) is 9.70. The first-order chi connectivity index (χ1) is 13.2. The number of nitrogens with one attached hydrogen (secondary N) is 1. The van der Waals surface area contributed by atoms with E-state index in [1.54, 1.807) is 11.8 Å². The zero-order valence-electron chi connectivity index (χ0n) is 16.7. The van der Waals surface area contributed by atoms with Gasteiger partial charge in [-0.25, -0.2) is 4.39 Å². The third-order valence-electron chi connectivity index (χ3n) is 4.85. The standard InChI is InChI=1S/C23H27ClFNOS/c1-23(2,3)13-21(27)16-6-4-15(5-7-16)14-28-22-18-9-11-26-10-8-17(18)20(25)12-19(22)24/h4-7,12,26H,8-11,13-14H2,1-3H3. The van der Waals surface area contributed by atoms with Crippen LogP contribution >= 0.6 is 23.4 Å². The molecule has 0 saturated carbocycles. The van der Waals surface area contributed by atoms with Crippen molar-refractivity contribution in [2.24, 2.45) is 5.41 Å². The maximum Gasteiger partial charge on any atom is 0.163 e. The summed E-state index contributed by atoms with van der Waals surface area (Å²) in [5.41, 5.74) is 3.69. The van der Waals surface area contributed by atoms with Crippen molar-refractivity contribution in [3.63, 3.8) is 0 Å². The highest BCUT2D eigenvalue weighted by Crippen LogP contribution is 2.37. The molecular weight excluding hydrogens is 393 g/mol. The van der Waals surface area contributed by atoms with Gasteiger partial charge in [0.25, 0.3) is 0 Å². The second kappa shape index (κ2) is 8.98. The summed E-state index contributed by atoms with van der Waals surface area (Å²) in [5.74, 6) is 0.708. The van der Waals surface area contributed by atoms with Crippen LogP contribution in [0.2, 0.25) is 5.02 Å². The van der Waals surface area contributed by atoms with E-state index in [1.165, 1.54) is 6.07 Å². The molecule has 2 nitrogen and oxygen atoms in total. The van der Waals surface area contributed by atoms with Crippen LogP contribution in [0.25, 0.3) is 0 Å². The lowest BCUT2D eigenvalue weighted by atomic mass is 9.88. The van der Waals surface area contributed by atoms with Gasteiger partial charge in [-0.15, -0.1) is 11.8 Å². The molecule has 3 rings (SSSR count). The predicted octanol–water partition coefficient (Wildman–Crippen LogP) is 6.08. The average Bonchev–Trinajstić information content (AvgIpc) is 2.87. The van der Waals surface area contributed by atoms with E-state index in [2.05, 4.69) is 26.1 Å². The van der Waals surface area contributed by atoms with Crippen LogP contribution in [0.5, 0.6) is 0 Å². The zero-order valence-corrected chi connectivity index (χ0v) is 18.3. The Labute approximate surface area is 176 Å². The SMILES string of the molecule is CC(C)(C)CC(=O)c1ccc(CSc2c(Cl)cc(F)c3c2CCNCC3)cc1. The second-order valence-corrected chi connectivity index (χ2v) is 9.92.